The van der Waals surface area contributed by atoms with Crippen molar-refractivity contribution in [2.45, 2.75) is 6.42 Å². The molecule has 0 unspecified atom stereocenters. The number of ether oxygens (including phenoxy) is 1. The maximum Gasteiger partial charge on any atom is 0.257 e. The topological polar surface area (TPSA) is 109 Å². The molecular formula is C23H20F2N4O4. The molecule has 0 atom stereocenters. The standard InChI is InChI=1S/C23H20F2N4O4/c1-33-20-12-16(5-7-19(20)29-22(31)14-3-2-9-26-13-14)28-21(30)8-10-27-23(32)17-6-4-15(24)11-18(17)25/h2-7,9,11-13H,8,10H2,1H3,(H,27,32)(H,28,30)(H,29,31). The number of benzene rings is 2. The Morgan fingerprint density at radius 3 is 2.52 bits per heavy atom. The SMILES string of the molecule is COc1cc(NC(=O)CCNC(=O)c2ccc(F)cc2F)ccc1NC(=O)c1cccnc1. The fourth-order valence-electron chi connectivity index (χ4n) is 2.85. The molecule has 3 N–H and O–H groups in total. The van der Waals surface area contributed by atoms with Gasteiger partial charge in [-0.2, -0.15) is 0 Å². The van der Waals surface area contributed by atoms with Crippen LogP contribution in [0, 0.1) is 11.6 Å². The van der Waals surface area contributed by atoms with Crippen LogP contribution in [-0.2, 0) is 4.79 Å². The number of hydrogen-bond acceptors (Lipinski definition) is 5. The first-order chi connectivity index (χ1) is 15.9. The molecule has 0 radical (unpaired) electrons. The number of aromatic nitrogens is 1. The van der Waals surface area contributed by atoms with Gasteiger partial charge >= 0.3 is 0 Å². The molecule has 3 amide bonds. The molecule has 0 saturated heterocycles. The lowest BCUT2D eigenvalue weighted by atomic mass is 10.2. The van der Waals surface area contributed by atoms with Gasteiger partial charge in [0.2, 0.25) is 5.91 Å². The lowest BCUT2D eigenvalue weighted by molar-refractivity contribution is -0.116. The van der Waals surface area contributed by atoms with E-state index in [9.17, 15) is 23.2 Å². The van der Waals surface area contributed by atoms with E-state index in [1.54, 1.807) is 30.5 Å². The van der Waals surface area contributed by atoms with E-state index in [-0.39, 0.29) is 24.4 Å². The summed E-state index contributed by atoms with van der Waals surface area (Å²) >= 11 is 0. The van der Waals surface area contributed by atoms with Crippen molar-refractivity contribution in [3.63, 3.8) is 0 Å². The van der Waals surface area contributed by atoms with Gasteiger partial charge in [0, 0.05) is 43.2 Å². The van der Waals surface area contributed by atoms with Crippen LogP contribution >= 0.6 is 0 Å². The molecular weight excluding hydrogens is 434 g/mol. The lowest BCUT2D eigenvalue weighted by Crippen LogP contribution is -2.28. The van der Waals surface area contributed by atoms with Crippen LogP contribution in [0.4, 0.5) is 20.2 Å². The number of carbonyl (C=O) groups excluding carboxylic acids is 3. The first kappa shape index (κ1) is 23.3. The Morgan fingerprint density at radius 2 is 1.82 bits per heavy atom. The van der Waals surface area contributed by atoms with E-state index >= 15 is 0 Å². The number of amides is 3. The van der Waals surface area contributed by atoms with E-state index in [1.807, 2.05) is 0 Å². The van der Waals surface area contributed by atoms with Crippen molar-refractivity contribution in [1.29, 1.82) is 0 Å². The van der Waals surface area contributed by atoms with Gasteiger partial charge in [0.1, 0.15) is 17.4 Å². The summed E-state index contributed by atoms with van der Waals surface area (Å²) in [5, 5.41) is 7.76. The number of pyridine rings is 1. The van der Waals surface area contributed by atoms with Gasteiger partial charge in [-0.25, -0.2) is 8.78 Å². The zero-order valence-electron chi connectivity index (χ0n) is 17.5. The molecule has 0 aliphatic carbocycles. The minimum Gasteiger partial charge on any atom is -0.494 e. The minimum atomic E-state index is -0.986. The van der Waals surface area contributed by atoms with Crippen LogP contribution in [0.2, 0.25) is 0 Å². The van der Waals surface area contributed by atoms with E-state index in [1.165, 1.54) is 19.4 Å². The summed E-state index contributed by atoms with van der Waals surface area (Å²) in [6.45, 7) is -0.0577. The molecule has 33 heavy (non-hydrogen) atoms. The Balaban J connectivity index is 1.54. The first-order valence-electron chi connectivity index (χ1n) is 9.80. The van der Waals surface area contributed by atoms with Gasteiger partial charge in [0.25, 0.3) is 11.8 Å². The minimum absolute atomic E-state index is 0.0577. The number of anilines is 2. The van der Waals surface area contributed by atoms with Crippen molar-refractivity contribution in [2.24, 2.45) is 0 Å². The van der Waals surface area contributed by atoms with Crippen LogP contribution < -0.4 is 20.7 Å². The molecule has 1 aromatic heterocycles. The summed E-state index contributed by atoms with van der Waals surface area (Å²) in [6, 6.07) is 10.5. The predicted molar refractivity (Wildman–Crippen MR) is 117 cm³/mol. The Hall–Kier alpha value is -4.34. The van der Waals surface area contributed by atoms with Crippen LogP contribution in [0.15, 0.2) is 60.9 Å². The Bertz CT molecular complexity index is 1170. The number of rotatable bonds is 8. The Kier molecular flexibility index (Phi) is 7.64. The average Bonchev–Trinajstić information content (AvgIpc) is 2.80. The Labute approximate surface area is 188 Å². The highest BCUT2D eigenvalue weighted by Crippen LogP contribution is 2.28. The van der Waals surface area contributed by atoms with Gasteiger partial charge in [-0.3, -0.25) is 19.4 Å². The molecule has 0 bridgehead atoms. The molecule has 10 heteroatoms. The van der Waals surface area contributed by atoms with E-state index < -0.39 is 23.4 Å². The number of nitrogens with zero attached hydrogens (tertiary/aromatic N) is 1. The monoisotopic (exact) mass is 454 g/mol. The fraction of sp³-hybridized carbons (Fsp3) is 0.130. The summed E-state index contributed by atoms with van der Waals surface area (Å²) in [5.41, 5.74) is 0.870. The maximum absolute atomic E-state index is 13.6. The van der Waals surface area contributed by atoms with Gasteiger partial charge in [-0.15, -0.1) is 0 Å². The zero-order chi connectivity index (χ0) is 23.8. The summed E-state index contributed by atoms with van der Waals surface area (Å²) in [5.74, 6) is -2.99. The van der Waals surface area contributed by atoms with Crippen molar-refractivity contribution >= 4 is 29.1 Å². The second-order valence-corrected chi connectivity index (χ2v) is 6.79. The van der Waals surface area contributed by atoms with Gasteiger partial charge in [0.05, 0.1) is 23.9 Å². The number of nitrogens with one attached hydrogen (secondary N) is 3. The first-order valence-corrected chi connectivity index (χ1v) is 9.80. The molecule has 8 nitrogen and oxygen atoms in total. The molecule has 2 aromatic carbocycles. The number of hydrogen-bond donors (Lipinski definition) is 3. The molecule has 0 spiro atoms. The zero-order valence-corrected chi connectivity index (χ0v) is 17.5. The van der Waals surface area contributed by atoms with Gasteiger partial charge in [-0.05, 0) is 36.4 Å². The highest BCUT2D eigenvalue weighted by atomic mass is 19.1. The molecule has 0 aliphatic heterocycles. The maximum atomic E-state index is 13.6. The van der Waals surface area contributed by atoms with E-state index in [4.69, 9.17) is 4.74 Å². The van der Waals surface area contributed by atoms with Crippen molar-refractivity contribution in [3.05, 3.63) is 83.7 Å². The molecule has 3 aromatic rings. The van der Waals surface area contributed by atoms with Crippen LogP contribution in [0.5, 0.6) is 5.75 Å². The normalized spacial score (nSPS) is 10.3. The van der Waals surface area contributed by atoms with Crippen molar-refractivity contribution < 1.29 is 27.9 Å². The fourth-order valence-corrected chi connectivity index (χ4v) is 2.85. The molecule has 170 valence electrons. The third-order valence-corrected chi connectivity index (χ3v) is 4.47. The summed E-state index contributed by atoms with van der Waals surface area (Å²) < 4.78 is 31.9. The van der Waals surface area contributed by atoms with Crippen LogP contribution in [-0.4, -0.2) is 36.4 Å². The largest absolute Gasteiger partial charge is 0.494 e. The molecule has 0 fully saturated rings. The second kappa shape index (κ2) is 10.8. The van der Waals surface area contributed by atoms with Crippen molar-refractivity contribution in [1.82, 2.24) is 10.3 Å². The van der Waals surface area contributed by atoms with Gasteiger partial charge in [-0.1, -0.05) is 0 Å². The third kappa shape index (κ3) is 6.33. The van der Waals surface area contributed by atoms with E-state index in [0.717, 1.165) is 12.1 Å². The lowest BCUT2D eigenvalue weighted by Gasteiger charge is -2.13. The summed E-state index contributed by atoms with van der Waals surface area (Å²) in [7, 11) is 1.42. The quantitative estimate of drug-likeness (QED) is 0.484. The molecule has 1 heterocycles. The number of methoxy groups -OCH3 is 1. The van der Waals surface area contributed by atoms with Gasteiger partial charge in [0.15, 0.2) is 0 Å². The van der Waals surface area contributed by atoms with Gasteiger partial charge < -0.3 is 20.7 Å². The Morgan fingerprint density at radius 1 is 1.00 bits per heavy atom. The van der Waals surface area contributed by atoms with E-state index in [0.29, 0.717) is 28.8 Å². The predicted octanol–water partition coefficient (Wildman–Crippen LogP) is 3.38. The average molecular weight is 454 g/mol. The van der Waals surface area contributed by atoms with Crippen molar-refractivity contribution in [3.8, 4) is 5.75 Å². The number of halogens is 2. The third-order valence-electron chi connectivity index (χ3n) is 4.47. The van der Waals surface area contributed by atoms with Crippen molar-refractivity contribution in [2.75, 3.05) is 24.3 Å². The number of carbonyl (C=O) groups is 3. The van der Waals surface area contributed by atoms with Crippen LogP contribution in [0.1, 0.15) is 27.1 Å². The summed E-state index contributed by atoms with van der Waals surface area (Å²) in [6.07, 6.45) is 2.90. The highest BCUT2D eigenvalue weighted by molar-refractivity contribution is 6.05. The van der Waals surface area contributed by atoms with E-state index in [2.05, 4.69) is 20.9 Å². The van der Waals surface area contributed by atoms with Crippen LogP contribution in [0.25, 0.3) is 0 Å². The second-order valence-electron chi connectivity index (χ2n) is 6.79. The highest BCUT2D eigenvalue weighted by Gasteiger charge is 2.14. The smallest absolute Gasteiger partial charge is 0.257 e. The van der Waals surface area contributed by atoms with Crippen LogP contribution in [0.3, 0.4) is 0 Å². The molecule has 0 aliphatic rings. The summed E-state index contributed by atoms with van der Waals surface area (Å²) in [4.78, 5) is 40.4. The molecule has 0 saturated carbocycles. The molecule has 3 rings (SSSR count).